The predicted octanol–water partition coefficient (Wildman–Crippen LogP) is 2.35. The molecule has 1 aliphatic rings. The summed E-state index contributed by atoms with van der Waals surface area (Å²) in [5.41, 5.74) is 1.05. The quantitative estimate of drug-likeness (QED) is 0.681. The molecule has 24 heavy (non-hydrogen) atoms. The van der Waals surface area contributed by atoms with E-state index in [2.05, 4.69) is 17.6 Å². The number of rotatable bonds is 9. The van der Waals surface area contributed by atoms with E-state index in [1.54, 1.807) is 7.11 Å². The van der Waals surface area contributed by atoms with Gasteiger partial charge in [0.1, 0.15) is 12.4 Å². The zero-order chi connectivity index (χ0) is 17.2. The minimum absolute atomic E-state index is 0.131. The molecule has 0 radical (unpaired) electrons. The van der Waals surface area contributed by atoms with Gasteiger partial charge in [0.2, 0.25) is 5.91 Å². The van der Waals surface area contributed by atoms with Crippen LogP contribution in [-0.2, 0) is 16.1 Å². The summed E-state index contributed by atoms with van der Waals surface area (Å²) in [5.74, 6) is 2.04. The van der Waals surface area contributed by atoms with Crippen molar-refractivity contribution in [1.82, 2.24) is 10.6 Å². The second-order valence-corrected chi connectivity index (χ2v) is 6.53. The minimum Gasteiger partial charge on any atom is -0.491 e. The third-order valence-corrected chi connectivity index (χ3v) is 4.64. The van der Waals surface area contributed by atoms with Crippen LogP contribution < -0.4 is 15.4 Å². The van der Waals surface area contributed by atoms with Crippen LogP contribution in [0, 0.1) is 11.8 Å². The Labute approximate surface area is 145 Å². The lowest BCUT2D eigenvalue weighted by atomic mass is 9.84. The van der Waals surface area contributed by atoms with E-state index < -0.39 is 0 Å². The lowest BCUT2D eigenvalue weighted by molar-refractivity contribution is -0.122. The maximum atomic E-state index is 12.2. The van der Waals surface area contributed by atoms with Gasteiger partial charge in [-0.2, -0.15) is 0 Å². The lowest BCUT2D eigenvalue weighted by Gasteiger charge is -2.27. The van der Waals surface area contributed by atoms with Gasteiger partial charge in [0.25, 0.3) is 0 Å². The van der Waals surface area contributed by atoms with E-state index in [9.17, 15) is 4.79 Å². The second kappa shape index (κ2) is 10.3. The number of benzene rings is 1. The first kappa shape index (κ1) is 18.7. The van der Waals surface area contributed by atoms with Crippen molar-refractivity contribution in [3.05, 3.63) is 29.8 Å². The van der Waals surface area contributed by atoms with Crippen molar-refractivity contribution in [1.29, 1.82) is 0 Å². The van der Waals surface area contributed by atoms with Gasteiger partial charge in [0, 0.05) is 20.1 Å². The van der Waals surface area contributed by atoms with Gasteiger partial charge in [-0.05, 0) is 55.5 Å². The summed E-state index contributed by atoms with van der Waals surface area (Å²) in [5, 5.41) is 6.40. The first-order chi connectivity index (χ1) is 11.7. The fourth-order valence-electron chi connectivity index (χ4n) is 3.13. The van der Waals surface area contributed by atoms with Crippen LogP contribution in [0.5, 0.6) is 5.75 Å². The van der Waals surface area contributed by atoms with E-state index in [-0.39, 0.29) is 5.91 Å². The molecule has 0 saturated carbocycles. The molecule has 2 N–H and O–H groups in total. The molecule has 1 atom stereocenters. The average molecular weight is 334 g/mol. The minimum atomic E-state index is 0.131. The molecule has 5 nitrogen and oxygen atoms in total. The number of carbonyl (C=O) groups is 1. The molecule has 0 aliphatic carbocycles. The Morgan fingerprint density at radius 1 is 1.33 bits per heavy atom. The third-order valence-electron chi connectivity index (χ3n) is 4.64. The SMILES string of the molecule is COCCOc1cccc(CNC(=O)CC(C)C2CCNCC2)c1. The highest BCUT2D eigenvalue weighted by atomic mass is 16.5. The Balaban J connectivity index is 1.73. The van der Waals surface area contributed by atoms with Crippen molar-refractivity contribution < 1.29 is 14.3 Å². The fraction of sp³-hybridized carbons (Fsp3) is 0.632. The normalized spacial score (nSPS) is 16.6. The van der Waals surface area contributed by atoms with E-state index in [0.717, 1.165) is 24.4 Å². The van der Waals surface area contributed by atoms with E-state index in [4.69, 9.17) is 9.47 Å². The molecule has 1 aliphatic heterocycles. The first-order valence-electron chi connectivity index (χ1n) is 8.87. The van der Waals surface area contributed by atoms with Gasteiger partial charge in [-0.25, -0.2) is 0 Å². The smallest absolute Gasteiger partial charge is 0.220 e. The zero-order valence-corrected chi connectivity index (χ0v) is 14.8. The summed E-state index contributed by atoms with van der Waals surface area (Å²) in [4.78, 5) is 12.2. The molecule has 0 spiro atoms. The highest BCUT2D eigenvalue weighted by molar-refractivity contribution is 5.76. The summed E-state index contributed by atoms with van der Waals surface area (Å²) in [6, 6.07) is 7.83. The van der Waals surface area contributed by atoms with Crippen LogP contribution in [0.2, 0.25) is 0 Å². The highest BCUT2D eigenvalue weighted by Crippen LogP contribution is 2.24. The summed E-state index contributed by atoms with van der Waals surface area (Å²) < 4.78 is 10.6. The van der Waals surface area contributed by atoms with Crippen LogP contribution in [-0.4, -0.2) is 39.3 Å². The highest BCUT2D eigenvalue weighted by Gasteiger charge is 2.21. The van der Waals surface area contributed by atoms with Crippen LogP contribution in [0.25, 0.3) is 0 Å². The van der Waals surface area contributed by atoms with Crippen molar-refractivity contribution in [3.63, 3.8) is 0 Å². The number of ether oxygens (including phenoxy) is 2. The number of piperidine rings is 1. The second-order valence-electron chi connectivity index (χ2n) is 6.53. The Morgan fingerprint density at radius 2 is 2.12 bits per heavy atom. The van der Waals surface area contributed by atoms with E-state index in [1.165, 1.54) is 12.8 Å². The largest absolute Gasteiger partial charge is 0.491 e. The van der Waals surface area contributed by atoms with Crippen LogP contribution >= 0.6 is 0 Å². The van der Waals surface area contributed by atoms with Gasteiger partial charge in [0.15, 0.2) is 0 Å². The Hall–Kier alpha value is -1.59. The number of nitrogens with one attached hydrogen (secondary N) is 2. The molecule has 2 rings (SSSR count). The molecule has 1 aromatic rings. The third kappa shape index (κ3) is 6.49. The van der Waals surface area contributed by atoms with Gasteiger partial charge in [-0.15, -0.1) is 0 Å². The molecule has 1 heterocycles. The van der Waals surface area contributed by atoms with E-state index in [1.807, 2.05) is 24.3 Å². The van der Waals surface area contributed by atoms with Gasteiger partial charge >= 0.3 is 0 Å². The summed E-state index contributed by atoms with van der Waals surface area (Å²) >= 11 is 0. The molecular weight excluding hydrogens is 304 g/mol. The van der Waals surface area contributed by atoms with Gasteiger partial charge < -0.3 is 20.1 Å². The van der Waals surface area contributed by atoms with Crippen molar-refractivity contribution in [2.45, 2.75) is 32.7 Å². The van der Waals surface area contributed by atoms with Crippen molar-refractivity contribution in [3.8, 4) is 5.75 Å². The summed E-state index contributed by atoms with van der Waals surface area (Å²) in [6.07, 6.45) is 2.96. The number of amides is 1. The number of carbonyl (C=O) groups excluding carboxylic acids is 1. The maximum absolute atomic E-state index is 12.2. The molecule has 5 heteroatoms. The van der Waals surface area contributed by atoms with Gasteiger partial charge in [0.05, 0.1) is 6.61 Å². The standard InChI is InChI=1S/C19H30N2O3/c1-15(17-6-8-20-9-7-17)12-19(22)21-14-16-4-3-5-18(13-16)24-11-10-23-2/h3-5,13,15,17,20H,6-12,14H2,1-2H3,(H,21,22). The lowest BCUT2D eigenvalue weighted by Crippen LogP contribution is -2.33. The van der Waals surface area contributed by atoms with Gasteiger partial charge in [-0.3, -0.25) is 4.79 Å². The van der Waals surface area contributed by atoms with Crippen LogP contribution in [0.4, 0.5) is 0 Å². The molecule has 0 bridgehead atoms. The first-order valence-corrected chi connectivity index (χ1v) is 8.87. The van der Waals surface area contributed by atoms with Crippen molar-refractivity contribution in [2.75, 3.05) is 33.4 Å². The van der Waals surface area contributed by atoms with Gasteiger partial charge in [-0.1, -0.05) is 19.1 Å². The fourth-order valence-corrected chi connectivity index (χ4v) is 3.13. The molecule has 134 valence electrons. The average Bonchev–Trinajstić information content (AvgIpc) is 2.61. The number of methoxy groups -OCH3 is 1. The predicted molar refractivity (Wildman–Crippen MR) is 95.0 cm³/mol. The Bertz CT molecular complexity index is 501. The molecule has 1 fully saturated rings. The maximum Gasteiger partial charge on any atom is 0.220 e. The van der Waals surface area contributed by atoms with E-state index >= 15 is 0 Å². The van der Waals surface area contributed by atoms with Crippen LogP contribution in [0.3, 0.4) is 0 Å². The molecule has 1 unspecified atom stereocenters. The van der Waals surface area contributed by atoms with Crippen molar-refractivity contribution in [2.24, 2.45) is 11.8 Å². The number of hydrogen-bond acceptors (Lipinski definition) is 4. The van der Waals surface area contributed by atoms with Crippen LogP contribution in [0.15, 0.2) is 24.3 Å². The Morgan fingerprint density at radius 3 is 2.88 bits per heavy atom. The topological polar surface area (TPSA) is 59.6 Å². The Kier molecular flexibility index (Phi) is 8.05. The summed E-state index contributed by atoms with van der Waals surface area (Å²) in [7, 11) is 1.65. The monoisotopic (exact) mass is 334 g/mol. The molecular formula is C19H30N2O3. The molecule has 1 amide bonds. The van der Waals surface area contributed by atoms with Crippen molar-refractivity contribution >= 4 is 5.91 Å². The summed E-state index contributed by atoms with van der Waals surface area (Å²) in [6.45, 7) is 5.98. The van der Waals surface area contributed by atoms with Crippen LogP contribution in [0.1, 0.15) is 31.7 Å². The zero-order valence-electron chi connectivity index (χ0n) is 14.8. The molecule has 0 aromatic heterocycles. The molecule has 1 aromatic carbocycles. The molecule has 1 saturated heterocycles. The number of hydrogen-bond donors (Lipinski definition) is 2. The van der Waals surface area contributed by atoms with E-state index in [0.29, 0.717) is 38.0 Å².